The predicted octanol–water partition coefficient (Wildman–Crippen LogP) is 2.67. The Morgan fingerprint density at radius 2 is 2.00 bits per heavy atom. The minimum Gasteiger partial charge on any atom is -0.383 e. The van der Waals surface area contributed by atoms with Crippen LogP contribution in [0.25, 0.3) is 0 Å². The first-order valence-corrected chi connectivity index (χ1v) is 5.40. The summed E-state index contributed by atoms with van der Waals surface area (Å²) in [6.45, 7) is 1.85. The van der Waals surface area contributed by atoms with Crippen molar-refractivity contribution in [3.63, 3.8) is 0 Å². The quantitative estimate of drug-likeness (QED) is 0.849. The van der Waals surface area contributed by atoms with Crippen LogP contribution in [0, 0.1) is 12.7 Å². The van der Waals surface area contributed by atoms with E-state index in [-0.39, 0.29) is 5.82 Å². The van der Waals surface area contributed by atoms with Crippen molar-refractivity contribution < 1.29 is 9.50 Å². The third kappa shape index (κ3) is 2.06. The van der Waals surface area contributed by atoms with E-state index in [2.05, 4.69) is 4.98 Å². The van der Waals surface area contributed by atoms with Crippen molar-refractivity contribution in [1.29, 1.82) is 0 Å². The Morgan fingerprint density at radius 3 is 2.53 bits per heavy atom. The predicted molar refractivity (Wildman–Crippen MR) is 57.3 cm³/mol. The molecule has 1 N–H and O–H groups in total. The molecule has 0 saturated carbocycles. The van der Waals surface area contributed by atoms with Crippen LogP contribution in [0.5, 0.6) is 0 Å². The number of rotatable bonds is 2. The van der Waals surface area contributed by atoms with Crippen molar-refractivity contribution in [2.24, 2.45) is 0 Å². The molecule has 4 heteroatoms. The molecule has 0 radical (unpaired) electrons. The number of nitrogens with zero attached hydrogens (tertiary/aromatic N) is 1. The van der Waals surface area contributed by atoms with Gasteiger partial charge in [0.2, 0.25) is 0 Å². The molecule has 0 saturated heterocycles. The Balaban J connectivity index is 2.32. The number of hydrogen-bond acceptors (Lipinski definition) is 3. The van der Waals surface area contributed by atoms with Crippen LogP contribution in [-0.2, 0) is 0 Å². The Morgan fingerprint density at radius 1 is 1.33 bits per heavy atom. The fraction of sp³-hybridized carbons (Fsp3) is 0.182. The summed E-state index contributed by atoms with van der Waals surface area (Å²) >= 11 is 1.40. The minimum absolute atomic E-state index is 0.299. The van der Waals surface area contributed by atoms with Gasteiger partial charge in [0.15, 0.2) is 0 Å². The van der Waals surface area contributed by atoms with Gasteiger partial charge in [-0.15, -0.1) is 11.3 Å². The van der Waals surface area contributed by atoms with Crippen LogP contribution < -0.4 is 0 Å². The van der Waals surface area contributed by atoms with Crippen molar-refractivity contribution in [2.45, 2.75) is 13.0 Å². The summed E-state index contributed by atoms with van der Waals surface area (Å²) < 4.78 is 12.7. The Kier molecular flexibility index (Phi) is 2.79. The summed E-state index contributed by atoms with van der Waals surface area (Å²) in [4.78, 5) is 4.87. The summed E-state index contributed by atoms with van der Waals surface area (Å²) in [5.74, 6) is -0.299. The topological polar surface area (TPSA) is 33.1 Å². The van der Waals surface area contributed by atoms with Gasteiger partial charge in [-0.05, 0) is 24.6 Å². The van der Waals surface area contributed by atoms with Gasteiger partial charge < -0.3 is 5.11 Å². The molecule has 15 heavy (non-hydrogen) atoms. The highest BCUT2D eigenvalue weighted by atomic mass is 32.1. The fourth-order valence-corrected chi connectivity index (χ4v) is 2.18. The van der Waals surface area contributed by atoms with E-state index in [1.165, 1.54) is 23.5 Å². The molecule has 0 aliphatic rings. The van der Waals surface area contributed by atoms with E-state index in [1.807, 2.05) is 6.92 Å². The smallest absolute Gasteiger partial charge is 0.123 e. The zero-order valence-corrected chi connectivity index (χ0v) is 8.96. The molecule has 0 aliphatic carbocycles. The van der Waals surface area contributed by atoms with E-state index < -0.39 is 6.10 Å². The van der Waals surface area contributed by atoms with Gasteiger partial charge in [0.05, 0.1) is 16.1 Å². The van der Waals surface area contributed by atoms with Crippen LogP contribution in [0.15, 0.2) is 29.8 Å². The number of aryl methyl sites for hydroxylation is 1. The van der Waals surface area contributed by atoms with E-state index >= 15 is 0 Å². The molecule has 2 nitrogen and oxygen atoms in total. The number of halogens is 1. The molecule has 1 aromatic heterocycles. The molecule has 0 amide bonds. The zero-order valence-electron chi connectivity index (χ0n) is 8.14. The highest BCUT2D eigenvalue weighted by molar-refractivity contribution is 7.09. The summed E-state index contributed by atoms with van der Waals surface area (Å²) in [6, 6.07) is 5.85. The molecule has 1 heterocycles. The zero-order chi connectivity index (χ0) is 10.8. The summed E-state index contributed by atoms with van der Waals surface area (Å²) in [6.07, 6.45) is -0.710. The van der Waals surface area contributed by atoms with Gasteiger partial charge >= 0.3 is 0 Å². The van der Waals surface area contributed by atoms with Gasteiger partial charge in [-0.3, -0.25) is 0 Å². The molecule has 0 bridgehead atoms. The van der Waals surface area contributed by atoms with Crippen LogP contribution in [-0.4, -0.2) is 10.1 Å². The van der Waals surface area contributed by atoms with E-state index in [0.29, 0.717) is 5.56 Å². The average molecular weight is 223 g/mol. The molecule has 2 aromatic rings. The monoisotopic (exact) mass is 223 g/mol. The van der Waals surface area contributed by atoms with E-state index in [1.54, 1.807) is 17.6 Å². The van der Waals surface area contributed by atoms with Crippen LogP contribution in [0.2, 0.25) is 0 Å². The number of aliphatic hydroxyl groups excluding tert-OH is 1. The van der Waals surface area contributed by atoms with Crippen molar-refractivity contribution >= 4 is 11.3 Å². The summed E-state index contributed by atoms with van der Waals surface area (Å²) in [5, 5.41) is 10.0. The van der Waals surface area contributed by atoms with Crippen LogP contribution in [0.4, 0.5) is 4.39 Å². The van der Waals surface area contributed by atoms with Crippen molar-refractivity contribution in [1.82, 2.24) is 4.98 Å². The number of thiazole rings is 1. The lowest BCUT2D eigenvalue weighted by Crippen LogP contribution is -1.99. The normalized spacial score (nSPS) is 12.7. The van der Waals surface area contributed by atoms with Gasteiger partial charge in [0.25, 0.3) is 0 Å². The second-order valence-electron chi connectivity index (χ2n) is 3.26. The van der Waals surface area contributed by atoms with Gasteiger partial charge in [-0.25, -0.2) is 9.37 Å². The first kappa shape index (κ1) is 10.3. The number of aliphatic hydroxyl groups is 1. The molecule has 1 aromatic carbocycles. The molecule has 2 rings (SSSR count). The highest BCUT2D eigenvalue weighted by Gasteiger charge is 2.14. The standard InChI is InChI=1S/C11H10FNOS/c1-7-11(15-6-13-7)10(14)8-2-4-9(12)5-3-8/h2-6,10,14H,1H3. The Bertz CT molecular complexity index is 452. The lowest BCUT2D eigenvalue weighted by atomic mass is 10.1. The van der Waals surface area contributed by atoms with Crippen molar-refractivity contribution in [2.75, 3.05) is 0 Å². The third-order valence-electron chi connectivity index (χ3n) is 2.22. The van der Waals surface area contributed by atoms with E-state index in [4.69, 9.17) is 0 Å². The van der Waals surface area contributed by atoms with Gasteiger partial charge in [-0.1, -0.05) is 12.1 Å². The molecule has 0 spiro atoms. The first-order chi connectivity index (χ1) is 7.18. The second kappa shape index (κ2) is 4.08. The van der Waals surface area contributed by atoms with Gasteiger partial charge in [0.1, 0.15) is 11.9 Å². The molecule has 0 aliphatic heterocycles. The third-order valence-corrected chi connectivity index (χ3v) is 3.20. The minimum atomic E-state index is -0.710. The fourth-order valence-electron chi connectivity index (χ4n) is 1.37. The SMILES string of the molecule is Cc1ncsc1C(O)c1ccc(F)cc1. The maximum atomic E-state index is 12.7. The van der Waals surface area contributed by atoms with E-state index in [9.17, 15) is 9.50 Å². The first-order valence-electron chi connectivity index (χ1n) is 4.52. The Hall–Kier alpha value is -1.26. The van der Waals surface area contributed by atoms with Crippen LogP contribution in [0.3, 0.4) is 0 Å². The lowest BCUT2D eigenvalue weighted by molar-refractivity contribution is 0.223. The highest BCUT2D eigenvalue weighted by Crippen LogP contribution is 2.27. The van der Waals surface area contributed by atoms with Crippen molar-refractivity contribution in [3.8, 4) is 0 Å². The molecule has 78 valence electrons. The maximum Gasteiger partial charge on any atom is 0.123 e. The number of aromatic nitrogens is 1. The molecule has 1 unspecified atom stereocenters. The molecular weight excluding hydrogens is 213 g/mol. The maximum absolute atomic E-state index is 12.7. The number of benzene rings is 1. The lowest BCUT2D eigenvalue weighted by Gasteiger charge is -2.09. The largest absolute Gasteiger partial charge is 0.383 e. The summed E-state index contributed by atoms with van der Waals surface area (Å²) in [7, 11) is 0. The van der Waals surface area contributed by atoms with Crippen molar-refractivity contribution in [3.05, 3.63) is 51.7 Å². The van der Waals surface area contributed by atoms with Gasteiger partial charge in [0, 0.05) is 0 Å². The second-order valence-corrected chi connectivity index (χ2v) is 4.14. The number of hydrogen-bond donors (Lipinski definition) is 1. The summed E-state index contributed by atoms with van der Waals surface area (Å²) in [5.41, 5.74) is 3.19. The van der Waals surface area contributed by atoms with E-state index in [0.717, 1.165) is 10.6 Å². The molecule has 0 fully saturated rings. The van der Waals surface area contributed by atoms with Crippen LogP contribution >= 0.6 is 11.3 Å². The molecule has 1 atom stereocenters. The van der Waals surface area contributed by atoms with Gasteiger partial charge in [-0.2, -0.15) is 0 Å². The van der Waals surface area contributed by atoms with Crippen LogP contribution in [0.1, 0.15) is 22.2 Å². The molecular formula is C11H10FNOS. The average Bonchev–Trinajstić information content (AvgIpc) is 2.65. The Labute approximate surface area is 91.0 Å².